The Hall–Kier alpha value is -2.40. The first kappa shape index (κ1) is 15.5. The van der Waals surface area contributed by atoms with E-state index in [-0.39, 0.29) is 12.4 Å². The van der Waals surface area contributed by atoms with Gasteiger partial charge in [-0.1, -0.05) is 40.2 Å². The summed E-state index contributed by atoms with van der Waals surface area (Å²) >= 11 is 3.41. The molecular formula is C18H12BrFO3. The third-order valence-electron chi connectivity index (χ3n) is 3.19. The predicted octanol–water partition coefficient (Wildman–Crippen LogP) is 4.73. The Balaban J connectivity index is 1.66. The number of hydrogen-bond donors (Lipinski definition) is 0. The molecule has 0 aliphatic heterocycles. The average Bonchev–Trinajstić information content (AvgIpc) is 2.54. The number of halogens is 2. The van der Waals surface area contributed by atoms with Crippen LogP contribution in [0.2, 0.25) is 0 Å². The lowest BCUT2D eigenvalue weighted by Crippen LogP contribution is -2.18. The number of fused-ring (bicyclic) bond motifs is 1. The van der Waals surface area contributed by atoms with Gasteiger partial charge in [0.25, 0.3) is 0 Å². The van der Waals surface area contributed by atoms with Crippen LogP contribution in [-0.4, -0.2) is 12.6 Å². The molecule has 116 valence electrons. The van der Waals surface area contributed by atoms with Crippen LogP contribution in [0.25, 0.3) is 10.8 Å². The Labute approximate surface area is 140 Å². The maximum Gasteiger partial charge on any atom is 0.349 e. The fourth-order valence-electron chi connectivity index (χ4n) is 2.12. The molecule has 3 nitrogen and oxygen atoms in total. The van der Waals surface area contributed by atoms with Crippen molar-refractivity contribution < 1.29 is 18.7 Å². The molecule has 0 saturated heterocycles. The molecular weight excluding hydrogens is 363 g/mol. The molecule has 5 heteroatoms. The molecule has 0 radical (unpaired) electrons. The Morgan fingerprint density at radius 1 is 1.00 bits per heavy atom. The summed E-state index contributed by atoms with van der Waals surface area (Å²) in [6.45, 7) is -0.362. The zero-order valence-corrected chi connectivity index (χ0v) is 13.5. The summed E-state index contributed by atoms with van der Waals surface area (Å²) in [5.41, 5.74) is 0. The van der Waals surface area contributed by atoms with Gasteiger partial charge in [-0.2, -0.15) is 0 Å². The minimum absolute atomic E-state index is 0.0211. The fourth-order valence-corrected chi connectivity index (χ4v) is 2.50. The van der Waals surface area contributed by atoms with Crippen molar-refractivity contribution in [2.75, 3.05) is 6.61 Å². The van der Waals surface area contributed by atoms with Crippen molar-refractivity contribution in [2.45, 2.75) is 0 Å². The second kappa shape index (κ2) is 6.79. The van der Waals surface area contributed by atoms with E-state index in [1.165, 1.54) is 12.1 Å². The molecule has 0 heterocycles. The topological polar surface area (TPSA) is 35.5 Å². The van der Waals surface area contributed by atoms with Crippen molar-refractivity contribution in [1.29, 1.82) is 0 Å². The van der Waals surface area contributed by atoms with Crippen molar-refractivity contribution in [3.8, 4) is 11.5 Å². The molecule has 3 rings (SSSR count). The van der Waals surface area contributed by atoms with Gasteiger partial charge >= 0.3 is 5.97 Å². The van der Waals surface area contributed by atoms with Crippen LogP contribution >= 0.6 is 15.9 Å². The molecule has 23 heavy (non-hydrogen) atoms. The second-order valence-corrected chi connectivity index (χ2v) is 5.76. The van der Waals surface area contributed by atoms with Gasteiger partial charge in [0.05, 0.1) is 0 Å². The molecule has 0 atom stereocenters. The Bertz CT molecular complexity index is 864. The number of para-hydroxylation sites is 1. The van der Waals surface area contributed by atoms with Gasteiger partial charge in [0.1, 0.15) is 5.75 Å². The number of benzene rings is 3. The molecule has 0 fully saturated rings. The lowest BCUT2D eigenvalue weighted by molar-refractivity contribution is -0.136. The van der Waals surface area contributed by atoms with Crippen molar-refractivity contribution >= 4 is 32.7 Å². The highest BCUT2D eigenvalue weighted by Gasteiger charge is 2.09. The van der Waals surface area contributed by atoms with Crippen LogP contribution in [0.5, 0.6) is 11.5 Å². The van der Waals surface area contributed by atoms with Crippen LogP contribution in [0.1, 0.15) is 0 Å². The van der Waals surface area contributed by atoms with Gasteiger partial charge in [-0.05, 0) is 47.2 Å². The highest BCUT2D eigenvalue weighted by Crippen LogP contribution is 2.24. The Morgan fingerprint density at radius 3 is 2.57 bits per heavy atom. The molecule has 0 spiro atoms. The van der Waals surface area contributed by atoms with Gasteiger partial charge in [0, 0.05) is 4.47 Å². The third kappa shape index (κ3) is 3.87. The zero-order chi connectivity index (χ0) is 16.2. The van der Waals surface area contributed by atoms with Gasteiger partial charge in [-0.3, -0.25) is 0 Å². The zero-order valence-electron chi connectivity index (χ0n) is 12.0. The number of esters is 1. The van der Waals surface area contributed by atoms with E-state index in [2.05, 4.69) is 15.9 Å². The largest absolute Gasteiger partial charge is 0.479 e. The van der Waals surface area contributed by atoms with Gasteiger partial charge in [-0.25, -0.2) is 9.18 Å². The quantitative estimate of drug-likeness (QED) is 0.489. The molecule has 3 aromatic rings. The van der Waals surface area contributed by atoms with Gasteiger partial charge < -0.3 is 9.47 Å². The van der Waals surface area contributed by atoms with E-state index in [0.29, 0.717) is 5.75 Å². The lowest BCUT2D eigenvalue weighted by Gasteiger charge is -2.08. The summed E-state index contributed by atoms with van der Waals surface area (Å²) < 4.78 is 24.7. The average molecular weight is 375 g/mol. The first-order valence-electron chi connectivity index (χ1n) is 6.89. The third-order valence-corrected chi connectivity index (χ3v) is 3.68. The molecule has 0 aromatic heterocycles. The SMILES string of the molecule is O=C(COc1ccccc1F)Oc1ccc2cc(Br)ccc2c1. The van der Waals surface area contributed by atoms with E-state index in [1.54, 1.807) is 24.3 Å². The number of rotatable bonds is 4. The van der Waals surface area contributed by atoms with Crippen LogP contribution in [-0.2, 0) is 4.79 Å². The molecule has 0 amide bonds. The van der Waals surface area contributed by atoms with Crippen molar-refractivity contribution in [3.63, 3.8) is 0 Å². The number of carbonyl (C=O) groups excluding carboxylic acids is 1. The maximum absolute atomic E-state index is 13.4. The second-order valence-electron chi connectivity index (χ2n) is 4.85. The number of ether oxygens (including phenoxy) is 2. The number of carbonyl (C=O) groups is 1. The molecule has 0 unspecified atom stereocenters. The highest BCUT2D eigenvalue weighted by atomic mass is 79.9. The first-order valence-corrected chi connectivity index (χ1v) is 7.68. The Kier molecular flexibility index (Phi) is 4.57. The van der Waals surface area contributed by atoms with E-state index in [4.69, 9.17) is 9.47 Å². The summed E-state index contributed by atoms with van der Waals surface area (Å²) in [4.78, 5) is 11.8. The van der Waals surface area contributed by atoms with E-state index in [0.717, 1.165) is 15.2 Å². The summed E-state index contributed by atoms with van der Waals surface area (Å²) in [5, 5.41) is 1.98. The van der Waals surface area contributed by atoms with Crippen LogP contribution < -0.4 is 9.47 Å². The van der Waals surface area contributed by atoms with Crippen molar-refractivity contribution in [1.82, 2.24) is 0 Å². The molecule has 0 aliphatic carbocycles. The first-order chi connectivity index (χ1) is 11.1. The van der Waals surface area contributed by atoms with E-state index < -0.39 is 11.8 Å². The fraction of sp³-hybridized carbons (Fsp3) is 0.0556. The van der Waals surface area contributed by atoms with E-state index in [1.807, 2.05) is 24.3 Å². The van der Waals surface area contributed by atoms with Gasteiger partial charge in [0.2, 0.25) is 0 Å². The smallest absolute Gasteiger partial charge is 0.349 e. The minimum atomic E-state index is -0.593. The normalized spacial score (nSPS) is 10.5. The Morgan fingerprint density at radius 2 is 1.74 bits per heavy atom. The van der Waals surface area contributed by atoms with Crippen molar-refractivity contribution in [3.05, 3.63) is 71.0 Å². The van der Waals surface area contributed by atoms with Gasteiger partial charge in [0.15, 0.2) is 18.2 Å². The highest BCUT2D eigenvalue weighted by molar-refractivity contribution is 9.10. The molecule has 0 aliphatic rings. The predicted molar refractivity (Wildman–Crippen MR) is 89.2 cm³/mol. The van der Waals surface area contributed by atoms with E-state index in [9.17, 15) is 9.18 Å². The summed E-state index contributed by atoms with van der Waals surface area (Å²) in [5.74, 6) is -0.670. The molecule has 3 aromatic carbocycles. The molecule has 0 bridgehead atoms. The van der Waals surface area contributed by atoms with Crippen molar-refractivity contribution in [2.24, 2.45) is 0 Å². The van der Waals surface area contributed by atoms with E-state index >= 15 is 0 Å². The maximum atomic E-state index is 13.4. The molecule has 0 N–H and O–H groups in total. The van der Waals surface area contributed by atoms with Crippen LogP contribution in [0.4, 0.5) is 4.39 Å². The standard InChI is InChI=1S/C18H12BrFO3/c19-14-7-5-13-10-15(8-6-12(13)9-14)23-18(21)11-22-17-4-2-1-3-16(17)20/h1-10H,11H2. The molecule has 0 saturated carbocycles. The lowest BCUT2D eigenvalue weighted by atomic mass is 10.1. The minimum Gasteiger partial charge on any atom is -0.479 e. The summed E-state index contributed by atoms with van der Waals surface area (Å²) in [6.07, 6.45) is 0. The van der Waals surface area contributed by atoms with Crippen LogP contribution in [0, 0.1) is 5.82 Å². The van der Waals surface area contributed by atoms with Gasteiger partial charge in [-0.15, -0.1) is 0 Å². The van der Waals surface area contributed by atoms with Crippen LogP contribution in [0.3, 0.4) is 0 Å². The monoisotopic (exact) mass is 374 g/mol. The summed E-state index contributed by atoms with van der Waals surface area (Å²) in [6, 6.07) is 17.0. The van der Waals surface area contributed by atoms with Crippen LogP contribution in [0.15, 0.2) is 65.1 Å². The summed E-state index contributed by atoms with van der Waals surface area (Å²) in [7, 11) is 0. The number of hydrogen-bond acceptors (Lipinski definition) is 3.